The molecule has 140 valence electrons. The van der Waals surface area contributed by atoms with E-state index in [0.29, 0.717) is 11.2 Å². The third kappa shape index (κ3) is 2.25. The van der Waals surface area contributed by atoms with E-state index in [-0.39, 0.29) is 11.0 Å². The van der Waals surface area contributed by atoms with Gasteiger partial charge in [0.15, 0.2) is 0 Å². The zero-order valence-electron chi connectivity index (χ0n) is 16.2. The number of ether oxygens (including phenoxy) is 1. The lowest BCUT2D eigenvalue weighted by Crippen LogP contribution is -2.52. The van der Waals surface area contributed by atoms with Crippen LogP contribution in [0, 0.1) is 22.7 Å². The predicted molar refractivity (Wildman–Crippen MR) is 101 cm³/mol. The molecular weight excluding hydrogens is 322 g/mol. The summed E-state index contributed by atoms with van der Waals surface area (Å²) in [7, 11) is 0. The van der Waals surface area contributed by atoms with Gasteiger partial charge in [0.25, 0.3) is 0 Å². The third-order valence-electron chi connectivity index (χ3n) is 8.96. The summed E-state index contributed by atoms with van der Waals surface area (Å²) >= 11 is 0. The fourth-order valence-corrected chi connectivity index (χ4v) is 6.89. The summed E-state index contributed by atoms with van der Waals surface area (Å²) in [6.07, 6.45) is 13.1. The van der Waals surface area contributed by atoms with Gasteiger partial charge in [-0.1, -0.05) is 13.8 Å². The van der Waals surface area contributed by atoms with Gasteiger partial charge in [-0.15, -0.1) is 0 Å². The minimum absolute atomic E-state index is 0.0250. The van der Waals surface area contributed by atoms with Crippen LogP contribution in [0.4, 0.5) is 0 Å². The Balaban J connectivity index is 1.37. The van der Waals surface area contributed by atoms with E-state index in [1.54, 1.807) is 0 Å². The van der Waals surface area contributed by atoms with Gasteiger partial charge in [0.05, 0.1) is 5.69 Å². The van der Waals surface area contributed by atoms with Gasteiger partial charge in [-0.3, -0.25) is 9.78 Å². The first kappa shape index (κ1) is 16.8. The number of hydrogen-bond acceptors (Lipinski definition) is 3. The first-order valence-corrected chi connectivity index (χ1v) is 10.6. The smallest absolute Gasteiger partial charge is 0.141 e. The molecule has 0 saturated heterocycles. The molecule has 1 aromatic heterocycles. The Morgan fingerprint density at radius 1 is 1.08 bits per heavy atom. The quantitative estimate of drug-likeness (QED) is 0.703. The van der Waals surface area contributed by atoms with Crippen molar-refractivity contribution in [1.29, 1.82) is 0 Å². The second kappa shape index (κ2) is 5.56. The van der Waals surface area contributed by atoms with Gasteiger partial charge in [0.2, 0.25) is 0 Å². The Morgan fingerprint density at radius 2 is 1.85 bits per heavy atom. The molecule has 0 bridgehead atoms. The van der Waals surface area contributed by atoms with Crippen molar-refractivity contribution in [3.05, 3.63) is 24.0 Å². The molecule has 0 unspecified atom stereocenters. The Morgan fingerprint density at radius 3 is 2.62 bits per heavy atom. The fraction of sp³-hybridized carbons (Fsp3) is 0.739. The standard InChI is InChI=1S/C23H31NO2/c1-21(9-7-18(25)8-10-21)16-5-11-22(2)17(14-16)6-12-23(22)15-19-20(26-23)4-3-13-24-19/h3-4,13,16-17H,5-12,14-15H2,1-2H3/t16-,17-,22-,23+/m0/s1. The van der Waals surface area contributed by atoms with E-state index in [1.807, 2.05) is 12.3 Å². The van der Waals surface area contributed by atoms with Crippen LogP contribution in [0.3, 0.4) is 0 Å². The second-order valence-corrected chi connectivity index (χ2v) is 10.0. The van der Waals surface area contributed by atoms with E-state index >= 15 is 0 Å². The summed E-state index contributed by atoms with van der Waals surface area (Å²) in [5, 5.41) is 0. The van der Waals surface area contributed by atoms with E-state index < -0.39 is 0 Å². The summed E-state index contributed by atoms with van der Waals surface area (Å²) < 4.78 is 6.64. The molecule has 3 aliphatic carbocycles. The molecule has 0 N–H and O–H groups in total. The van der Waals surface area contributed by atoms with Gasteiger partial charge >= 0.3 is 0 Å². The number of Topliss-reactive ketones (excluding diaryl/α,β-unsaturated/α-hetero) is 1. The van der Waals surface area contributed by atoms with E-state index in [0.717, 1.165) is 55.4 Å². The third-order valence-corrected chi connectivity index (χ3v) is 8.96. The van der Waals surface area contributed by atoms with Gasteiger partial charge < -0.3 is 4.74 Å². The van der Waals surface area contributed by atoms with Crippen LogP contribution in [-0.2, 0) is 11.2 Å². The van der Waals surface area contributed by atoms with E-state index in [4.69, 9.17) is 4.74 Å². The van der Waals surface area contributed by atoms with Gasteiger partial charge in [0, 0.05) is 30.9 Å². The summed E-state index contributed by atoms with van der Waals surface area (Å²) in [6, 6.07) is 4.09. The van der Waals surface area contributed by atoms with Gasteiger partial charge in [0.1, 0.15) is 17.1 Å². The second-order valence-electron chi connectivity index (χ2n) is 10.0. The molecule has 1 spiro atoms. The number of fused-ring (bicyclic) bond motifs is 3. The zero-order valence-corrected chi connectivity index (χ0v) is 16.2. The van der Waals surface area contributed by atoms with E-state index in [1.165, 1.54) is 32.1 Å². The molecular formula is C23H31NO2. The SMILES string of the molecule is CC1([C@H]2CC[C@@]3(C)[C@@H](CC[C@@]34Cc3ncccc3O4)C2)CCC(=O)CC1. The minimum atomic E-state index is -0.0250. The van der Waals surface area contributed by atoms with Crippen LogP contribution in [0.15, 0.2) is 18.3 Å². The summed E-state index contributed by atoms with van der Waals surface area (Å²) in [5.41, 5.74) is 1.79. The summed E-state index contributed by atoms with van der Waals surface area (Å²) in [5.74, 6) is 3.04. The van der Waals surface area contributed by atoms with Crippen molar-refractivity contribution in [2.75, 3.05) is 0 Å². The molecule has 2 heterocycles. The zero-order chi connectivity index (χ0) is 18.0. The normalized spacial score (nSPS) is 40.9. The van der Waals surface area contributed by atoms with Gasteiger partial charge in [-0.25, -0.2) is 0 Å². The van der Waals surface area contributed by atoms with E-state index in [9.17, 15) is 4.79 Å². The molecule has 0 aromatic carbocycles. The number of nitrogens with zero attached hydrogens (tertiary/aromatic N) is 1. The molecule has 4 aliphatic rings. The van der Waals surface area contributed by atoms with E-state index in [2.05, 4.69) is 24.9 Å². The lowest BCUT2D eigenvalue weighted by molar-refractivity contribution is -0.124. The van der Waals surface area contributed by atoms with Crippen LogP contribution in [0.1, 0.15) is 77.3 Å². The number of carbonyl (C=O) groups is 1. The number of pyridine rings is 1. The number of rotatable bonds is 1. The Kier molecular flexibility index (Phi) is 3.59. The number of ketones is 1. The van der Waals surface area contributed by atoms with Crippen LogP contribution in [-0.4, -0.2) is 16.4 Å². The Bertz CT molecular complexity index is 706. The van der Waals surface area contributed by atoms with Crippen LogP contribution in [0.25, 0.3) is 0 Å². The molecule has 3 saturated carbocycles. The lowest BCUT2D eigenvalue weighted by atomic mass is 9.54. The monoisotopic (exact) mass is 353 g/mol. The average Bonchev–Trinajstić information content (AvgIpc) is 3.16. The highest BCUT2D eigenvalue weighted by Gasteiger charge is 2.63. The van der Waals surface area contributed by atoms with Crippen LogP contribution < -0.4 is 4.74 Å². The van der Waals surface area contributed by atoms with Crippen LogP contribution >= 0.6 is 0 Å². The first-order chi connectivity index (χ1) is 12.4. The average molecular weight is 354 g/mol. The number of hydrogen-bond donors (Lipinski definition) is 0. The fourth-order valence-electron chi connectivity index (χ4n) is 6.89. The molecule has 4 atom stereocenters. The van der Waals surface area contributed by atoms with Crippen LogP contribution in [0.5, 0.6) is 5.75 Å². The Hall–Kier alpha value is -1.38. The van der Waals surface area contributed by atoms with Gasteiger partial charge in [-0.2, -0.15) is 0 Å². The maximum absolute atomic E-state index is 11.7. The van der Waals surface area contributed by atoms with Crippen LogP contribution in [0.2, 0.25) is 0 Å². The highest BCUT2D eigenvalue weighted by Crippen LogP contribution is 2.65. The van der Waals surface area contributed by atoms with Crippen molar-refractivity contribution in [2.45, 2.75) is 83.7 Å². The van der Waals surface area contributed by atoms with Crippen molar-refractivity contribution in [3.8, 4) is 5.75 Å². The van der Waals surface area contributed by atoms with Crippen molar-refractivity contribution in [1.82, 2.24) is 4.98 Å². The number of carbonyl (C=O) groups excluding carboxylic acids is 1. The van der Waals surface area contributed by atoms with Crippen molar-refractivity contribution in [2.24, 2.45) is 22.7 Å². The highest BCUT2D eigenvalue weighted by atomic mass is 16.5. The highest BCUT2D eigenvalue weighted by molar-refractivity contribution is 5.79. The first-order valence-electron chi connectivity index (χ1n) is 10.6. The molecule has 3 heteroatoms. The molecule has 0 amide bonds. The number of aromatic nitrogens is 1. The summed E-state index contributed by atoms with van der Waals surface area (Å²) in [4.78, 5) is 16.3. The maximum Gasteiger partial charge on any atom is 0.141 e. The van der Waals surface area contributed by atoms with Crippen molar-refractivity contribution in [3.63, 3.8) is 0 Å². The molecule has 3 nitrogen and oxygen atoms in total. The van der Waals surface area contributed by atoms with Gasteiger partial charge in [-0.05, 0) is 74.3 Å². The Labute approximate surface area is 156 Å². The largest absolute Gasteiger partial charge is 0.484 e. The minimum Gasteiger partial charge on any atom is -0.484 e. The molecule has 5 rings (SSSR count). The van der Waals surface area contributed by atoms with Crippen molar-refractivity contribution >= 4 is 5.78 Å². The molecule has 26 heavy (non-hydrogen) atoms. The van der Waals surface area contributed by atoms with Crippen molar-refractivity contribution < 1.29 is 9.53 Å². The molecule has 1 aromatic rings. The summed E-state index contributed by atoms with van der Waals surface area (Å²) in [6.45, 7) is 4.96. The molecule has 1 aliphatic heterocycles. The predicted octanol–water partition coefficient (Wildman–Crippen LogP) is 5.12. The lowest BCUT2D eigenvalue weighted by Gasteiger charge is -2.52. The molecule has 3 fully saturated rings. The molecule has 0 radical (unpaired) electrons. The maximum atomic E-state index is 11.7. The topological polar surface area (TPSA) is 39.2 Å².